The van der Waals surface area contributed by atoms with Crippen molar-refractivity contribution in [3.05, 3.63) is 198 Å². The zero-order valence-electron chi connectivity index (χ0n) is 30.7. The molecule has 0 saturated carbocycles. The van der Waals surface area contributed by atoms with Crippen LogP contribution < -0.4 is 4.90 Å². The Hall–Kier alpha value is -6.18. The van der Waals surface area contributed by atoms with E-state index >= 15 is 0 Å². The van der Waals surface area contributed by atoms with Gasteiger partial charge in [0, 0.05) is 27.9 Å². The first-order valence-corrected chi connectivity index (χ1v) is 18.8. The minimum absolute atomic E-state index is 0.0704. The predicted molar refractivity (Wildman–Crippen MR) is 225 cm³/mol. The summed E-state index contributed by atoms with van der Waals surface area (Å²) >= 11 is 0. The molecule has 2 aliphatic rings. The van der Waals surface area contributed by atoms with Gasteiger partial charge in [0.15, 0.2) is 0 Å². The fraction of sp³-hybridized carbons (Fsp3) is 0.115. The number of rotatable bonds is 5. The molecule has 0 unspecified atom stereocenters. The van der Waals surface area contributed by atoms with Crippen molar-refractivity contribution in [3.63, 3.8) is 0 Å². The summed E-state index contributed by atoms with van der Waals surface area (Å²) in [6.45, 7) is 9.47. The van der Waals surface area contributed by atoms with Crippen LogP contribution in [0.15, 0.2) is 176 Å². The van der Waals surface area contributed by atoms with E-state index < -0.39 is 0 Å². The molecule has 0 N–H and O–H groups in total. The van der Waals surface area contributed by atoms with Crippen LogP contribution in [-0.4, -0.2) is 0 Å². The van der Waals surface area contributed by atoms with Crippen LogP contribution in [0, 0.1) is 0 Å². The molecule has 2 aliphatic carbocycles. The average molecular weight is 680 g/mol. The van der Waals surface area contributed by atoms with Crippen molar-refractivity contribution in [2.24, 2.45) is 0 Å². The summed E-state index contributed by atoms with van der Waals surface area (Å²) in [4.78, 5) is 2.44. The van der Waals surface area contributed by atoms with Gasteiger partial charge >= 0.3 is 0 Å². The molecule has 1 heteroatoms. The number of hydrogen-bond acceptors (Lipinski definition) is 1. The Labute approximate surface area is 312 Å². The molecule has 0 aromatic heterocycles. The van der Waals surface area contributed by atoms with E-state index in [9.17, 15) is 0 Å². The highest BCUT2D eigenvalue weighted by Crippen LogP contribution is 2.53. The van der Waals surface area contributed by atoms with Gasteiger partial charge in [-0.15, -0.1) is 0 Å². The van der Waals surface area contributed by atoms with E-state index in [0.717, 1.165) is 17.1 Å². The molecule has 254 valence electrons. The zero-order chi connectivity index (χ0) is 35.9. The molecule has 10 rings (SSSR count). The van der Waals surface area contributed by atoms with Gasteiger partial charge in [0.2, 0.25) is 0 Å². The normalized spacial score (nSPS) is 14.3. The van der Waals surface area contributed by atoms with E-state index in [0.29, 0.717) is 0 Å². The smallest absolute Gasteiger partial charge is 0.0468 e. The van der Waals surface area contributed by atoms with E-state index in [1.54, 1.807) is 0 Å². The molecule has 0 spiro atoms. The summed E-state index contributed by atoms with van der Waals surface area (Å²) in [5.41, 5.74) is 19.2. The van der Waals surface area contributed by atoms with Crippen LogP contribution >= 0.6 is 0 Å². The molecule has 0 heterocycles. The summed E-state index contributed by atoms with van der Waals surface area (Å²) in [5, 5.41) is 2.58. The van der Waals surface area contributed by atoms with Crippen molar-refractivity contribution in [2.45, 2.75) is 38.5 Å². The number of benzene rings is 8. The number of nitrogens with zero attached hydrogens (tertiary/aromatic N) is 1. The van der Waals surface area contributed by atoms with E-state index in [1.807, 2.05) is 0 Å². The van der Waals surface area contributed by atoms with Crippen LogP contribution in [0.2, 0.25) is 0 Å². The highest BCUT2D eigenvalue weighted by Gasteiger charge is 2.37. The van der Waals surface area contributed by atoms with Gasteiger partial charge in [0.1, 0.15) is 0 Å². The minimum atomic E-state index is -0.0941. The van der Waals surface area contributed by atoms with Crippen LogP contribution in [0.1, 0.15) is 49.9 Å². The van der Waals surface area contributed by atoms with Crippen molar-refractivity contribution in [2.75, 3.05) is 4.90 Å². The lowest BCUT2D eigenvalue weighted by Crippen LogP contribution is -2.17. The van der Waals surface area contributed by atoms with Gasteiger partial charge < -0.3 is 4.90 Å². The fourth-order valence-electron chi connectivity index (χ4n) is 9.42. The molecule has 0 atom stereocenters. The molecule has 0 radical (unpaired) electrons. The van der Waals surface area contributed by atoms with Crippen molar-refractivity contribution in [1.29, 1.82) is 0 Å². The molecule has 0 bridgehead atoms. The van der Waals surface area contributed by atoms with Crippen LogP contribution in [0.3, 0.4) is 0 Å². The number of hydrogen-bond donors (Lipinski definition) is 0. The summed E-state index contributed by atoms with van der Waals surface area (Å²) in [7, 11) is 0. The Morgan fingerprint density at radius 2 is 0.830 bits per heavy atom. The number of anilines is 3. The van der Waals surface area contributed by atoms with E-state index in [4.69, 9.17) is 0 Å². The average Bonchev–Trinajstić information content (AvgIpc) is 3.58. The van der Waals surface area contributed by atoms with Crippen LogP contribution in [-0.2, 0) is 10.8 Å². The van der Waals surface area contributed by atoms with Gasteiger partial charge in [-0.05, 0) is 114 Å². The third-order valence-electron chi connectivity index (χ3n) is 12.1. The molecular weight excluding hydrogens is 639 g/mol. The van der Waals surface area contributed by atoms with Crippen molar-refractivity contribution in [3.8, 4) is 44.5 Å². The van der Waals surface area contributed by atoms with Gasteiger partial charge in [0.25, 0.3) is 0 Å². The van der Waals surface area contributed by atoms with Crippen molar-refractivity contribution < 1.29 is 0 Å². The largest absolute Gasteiger partial charge is 0.310 e. The molecular formula is C52H41N. The van der Waals surface area contributed by atoms with E-state index in [-0.39, 0.29) is 10.8 Å². The lowest BCUT2D eigenvalue weighted by atomic mass is 9.80. The summed E-state index contributed by atoms with van der Waals surface area (Å²) in [6, 6.07) is 65.2. The Morgan fingerprint density at radius 3 is 1.53 bits per heavy atom. The van der Waals surface area contributed by atoms with Crippen molar-refractivity contribution >= 4 is 27.8 Å². The monoisotopic (exact) mass is 679 g/mol. The van der Waals surface area contributed by atoms with Gasteiger partial charge in [0.05, 0.1) is 0 Å². The number of fused-ring (bicyclic) bond motifs is 8. The maximum atomic E-state index is 2.44. The maximum Gasteiger partial charge on any atom is 0.0468 e. The molecule has 8 aromatic rings. The van der Waals surface area contributed by atoms with E-state index in [1.165, 1.54) is 77.5 Å². The second-order valence-electron chi connectivity index (χ2n) is 15.8. The summed E-state index contributed by atoms with van der Waals surface area (Å²) in [5.74, 6) is 0. The highest BCUT2D eigenvalue weighted by molar-refractivity contribution is 6.00. The van der Waals surface area contributed by atoms with Gasteiger partial charge in [-0.3, -0.25) is 0 Å². The van der Waals surface area contributed by atoms with E-state index in [2.05, 4.69) is 209 Å². The summed E-state index contributed by atoms with van der Waals surface area (Å²) < 4.78 is 0. The maximum absolute atomic E-state index is 2.44. The molecule has 53 heavy (non-hydrogen) atoms. The third-order valence-corrected chi connectivity index (χ3v) is 12.1. The highest BCUT2D eigenvalue weighted by atomic mass is 15.1. The quantitative estimate of drug-likeness (QED) is 0.175. The third kappa shape index (κ3) is 4.77. The Bertz CT molecular complexity index is 2710. The Balaban J connectivity index is 1.13. The topological polar surface area (TPSA) is 3.24 Å². The van der Waals surface area contributed by atoms with Gasteiger partial charge in [-0.1, -0.05) is 167 Å². The van der Waals surface area contributed by atoms with Crippen LogP contribution in [0.5, 0.6) is 0 Å². The Kier molecular flexibility index (Phi) is 6.94. The zero-order valence-corrected chi connectivity index (χ0v) is 30.7. The van der Waals surface area contributed by atoms with Gasteiger partial charge in [-0.25, -0.2) is 0 Å². The lowest BCUT2D eigenvalue weighted by Gasteiger charge is -2.29. The lowest BCUT2D eigenvalue weighted by molar-refractivity contribution is 0.660. The van der Waals surface area contributed by atoms with Gasteiger partial charge in [-0.2, -0.15) is 0 Å². The predicted octanol–water partition coefficient (Wildman–Crippen LogP) is 14.3. The second-order valence-corrected chi connectivity index (χ2v) is 15.8. The summed E-state index contributed by atoms with van der Waals surface area (Å²) in [6.07, 6.45) is 0. The molecule has 0 saturated heterocycles. The Morgan fingerprint density at radius 1 is 0.340 bits per heavy atom. The molecule has 0 aliphatic heterocycles. The SMILES string of the molecule is CC1(C)c2ccccc2-c2ccc(N(c3ccc(-c4ccccc4-c4ccccc4)cc3)c3ccc4c5c(ccc4c3)-c3ccccc3C5(C)C)cc21. The molecule has 8 aromatic carbocycles. The standard InChI is InChI=1S/C52H41N/c1-51(2)47-20-12-10-18-43(47)45-31-28-39(33-49(45)51)53(37-25-22-35(23-26-37)41-17-9-8-16-40(41)34-14-6-5-7-15-34)38-27-30-42-36(32-38)24-29-46-44-19-11-13-21-48(44)52(3,4)50(42)46/h5-33H,1-4H3. The molecule has 0 amide bonds. The van der Waals surface area contributed by atoms with Crippen molar-refractivity contribution in [1.82, 2.24) is 0 Å². The molecule has 0 fully saturated rings. The second kappa shape index (κ2) is 11.7. The fourth-order valence-corrected chi connectivity index (χ4v) is 9.42. The first-order chi connectivity index (χ1) is 25.8. The first kappa shape index (κ1) is 31.5. The van der Waals surface area contributed by atoms with Crippen LogP contribution in [0.25, 0.3) is 55.3 Å². The first-order valence-electron chi connectivity index (χ1n) is 18.8. The molecule has 1 nitrogen and oxygen atoms in total. The van der Waals surface area contributed by atoms with Crippen LogP contribution in [0.4, 0.5) is 17.1 Å². The minimum Gasteiger partial charge on any atom is -0.310 e.